The zero-order valence-electron chi connectivity index (χ0n) is 9.42. The van der Waals surface area contributed by atoms with Crippen LogP contribution in [-0.2, 0) is 0 Å². The van der Waals surface area contributed by atoms with E-state index < -0.39 is 0 Å². The molecule has 0 aromatic rings. The van der Waals surface area contributed by atoms with Gasteiger partial charge >= 0.3 is 0 Å². The van der Waals surface area contributed by atoms with E-state index in [1.807, 2.05) is 0 Å². The number of hydrogen-bond acceptors (Lipinski definition) is 2. The number of nitrogens with one attached hydrogen (secondary N) is 2. The lowest BCUT2D eigenvalue weighted by Gasteiger charge is -2.26. The summed E-state index contributed by atoms with van der Waals surface area (Å²) >= 11 is 5.08. The molecule has 3 nitrogen and oxygen atoms in total. The molecule has 1 aliphatic heterocycles. The zero-order chi connectivity index (χ0) is 10.2. The topological polar surface area (TPSA) is 27.3 Å². The van der Waals surface area contributed by atoms with Gasteiger partial charge in [0.15, 0.2) is 5.11 Å². The third-order valence-electron chi connectivity index (χ3n) is 2.50. The molecular weight excluding hydrogens is 230 g/mol. The SMILES string of the molecule is CCNC(=S)NCCN1CCCCC1.Cl. The van der Waals surface area contributed by atoms with E-state index in [0.29, 0.717) is 0 Å². The first-order valence-corrected chi connectivity index (χ1v) is 5.98. The van der Waals surface area contributed by atoms with Crippen molar-refractivity contribution in [2.24, 2.45) is 0 Å². The molecule has 0 aliphatic carbocycles. The molecule has 90 valence electrons. The molecule has 0 aromatic heterocycles. The van der Waals surface area contributed by atoms with Gasteiger partial charge in [0.25, 0.3) is 0 Å². The lowest BCUT2D eigenvalue weighted by molar-refractivity contribution is 0.232. The second kappa shape index (κ2) is 9.19. The highest BCUT2D eigenvalue weighted by Crippen LogP contribution is 2.07. The Hall–Kier alpha value is -0.0600. The fraction of sp³-hybridized carbons (Fsp3) is 0.900. The second-order valence-corrected chi connectivity index (χ2v) is 4.10. The van der Waals surface area contributed by atoms with Gasteiger partial charge in [-0.3, -0.25) is 0 Å². The molecular formula is C10H22ClN3S. The van der Waals surface area contributed by atoms with E-state index in [4.69, 9.17) is 12.2 Å². The van der Waals surface area contributed by atoms with E-state index in [-0.39, 0.29) is 12.4 Å². The molecule has 2 N–H and O–H groups in total. The van der Waals surface area contributed by atoms with Gasteiger partial charge in [0.1, 0.15) is 0 Å². The van der Waals surface area contributed by atoms with Crippen LogP contribution in [0.15, 0.2) is 0 Å². The highest BCUT2D eigenvalue weighted by molar-refractivity contribution is 7.80. The van der Waals surface area contributed by atoms with Gasteiger partial charge in [-0.2, -0.15) is 0 Å². The molecule has 15 heavy (non-hydrogen) atoms. The Morgan fingerprint density at radius 3 is 2.47 bits per heavy atom. The molecule has 0 atom stereocenters. The lowest BCUT2D eigenvalue weighted by Crippen LogP contribution is -2.41. The van der Waals surface area contributed by atoms with Crippen LogP contribution in [0.5, 0.6) is 0 Å². The van der Waals surface area contributed by atoms with E-state index in [1.54, 1.807) is 0 Å². The van der Waals surface area contributed by atoms with E-state index in [2.05, 4.69) is 22.5 Å². The van der Waals surface area contributed by atoms with Gasteiger partial charge in [-0.15, -0.1) is 12.4 Å². The van der Waals surface area contributed by atoms with Gasteiger partial charge in [-0.25, -0.2) is 0 Å². The van der Waals surface area contributed by atoms with Crippen LogP contribution in [0.4, 0.5) is 0 Å². The van der Waals surface area contributed by atoms with Crippen molar-refractivity contribution in [3.05, 3.63) is 0 Å². The van der Waals surface area contributed by atoms with Crippen molar-refractivity contribution in [2.75, 3.05) is 32.7 Å². The Balaban J connectivity index is 0.00000196. The van der Waals surface area contributed by atoms with Gasteiger partial charge in [0.05, 0.1) is 0 Å². The van der Waals surface area contributed by atoms with Crippen LogP contribution in [0.3, 0.4) is 0 Å². The highest BCUT2D eigenvalue weighted by atomic mass is 35.5. The Morgan fingerprint density at radius 1 is 1.20 bits per heavy atom. The van der Waals surface area contributed by atoms with Crippen molar-refractivity contribution < 1.29 is 0 Å². The molecule has 1 aliphatic rings. The summed E-state index contributed by atoms with van der Waals surface area (Å²) in [4.78, 5) is 2.51. The number of likely N-dealkylation sites (tertiary alicyclic amines) is 1. The lowest BCUT2D eigenvalue weighted by atomic mass is 10.1. The van der Waals surface area contributed by atoms with E-state index in [9.17, 15) is 0 Å². The first-order valence-electron chi connectivity index (χ1n) is 5.57. The minimum absolute atomic E-state index is 0. The number of piperidine rings is 1. The fourth-order valence-electron chi connectivity index (χ4n) is 1.73. The second-order valence-electron chi connectivity index (χ2n) is 3.69. The first-order chi connectivity index (χ1) is 6.83. The summed E-state index contributed by atoms with van der Waals surface area (Å²) in [5, 5.41) is 7.08. The van der Waals surface area contributed by atoms with E-state index in [0.717, 1.165) is 24.7 Å². The number of nitrogens with zero attached hydrogens (tertiary/aromatic N) is 1. The summed E-state index contributed by atoms with van der Waals surface area (Å²) in [7, 11) is 0. The smallest absolute Gasteiger partial charge is 0.166 e. The van der Waals surface area contributed by atoms with Gasteiger partial charge in [-0.05, 0) is 45.1 Å². The molecule has 0 bridgehead atoms. The Kier molecular flexibility index (Phi) is 9.15. The maximum atomic E-state index is 5.08. The standard InChI is InChI=1S/C10H21N3S.ClH/c1-2-11-10(14)12-6-9-13-7-4-3-5-8-13;/h2-9H2,1H3,(H2,11,12,14);1H. The van der Waals surface area contributed by atoms with Gasteiger partial charge < -0.3 is 15.5 Å². The van der Waals surface area contributed by atoms with Crippen molar-refractivity contribution in [1.82, 2.24) is 15.5 Å². The monoisotopic (exact) mass is 251 g/mol. The largest absolute Gasteiger partial charge is 0.363 e. The molecule has 1 saturated heterocycles. The van der Waals surface area contributed by atoms with Crippen molar-refractivity contribution in [3.8, 4) is 0 Å². The number of thiocarbonyl (C=S) groups is 1. The maximum Gasteiger partial charge on any atom is 0.166 e. The van der Waals surface area contributed by atoms with Crippen LogP contribution in [-0.4, -0.2) is 42.7 Å². The quantitative estimate of drug-likeness (QED) is 0.739. The predicted molar refractivity (Wildman–Crippen MR) is 71.8 cm³/mol. The van der Waals surface area contributed by atoms with Crippen LogP contribution in [0.25, 0.3) is 0 Å². The molecule has 0 aromatic carbocycles. The van der Waals surface area contributed by atoms with Crippen LogP contribution in [0.1, 0.15) is 26.2 Å². The minimum Gasteiger partial charge on any atom is -0.363 e. The summed E-state index contributed by atoms with van der Waals surface area (Å²) in [6.07, 6.45) is 4.12. The summed E-state index contributed by atoms with van der Waals surface area (Å²) in [6.45, 7) is 7.55. The van der Waals surface area contributed by atoms with Gasteiger partial charge in [-0.1, -0.05) is 6.42 Å². The Labute approximate surface area is 104 Å². The molecule has 1 heterocycles. The molecule has 0 radical (unpaired) electrons. The molecule has 0 saturated carbocycles. The normalized spacial score (nSPS) is 16.6. The fourth-order valence-corrected chi connectivity index (χ4v) is 1.98. The summed E-state index contributed by atoms with van der Waals surface area (Å²) in [5.74, 6) is 0. The molecule has 0 unspecified atom stereocenters. The predicted octanol–water partition coefficient (Wildman–Crippen LogP) is 1.38. The number of hydrogen-bond donors (Lipinski definition) is 2. The molecule has 0 amide bonds. The van der Waals surface area contributed by atoms with Gasteiger partial charge in [0.2, 0.25) is 0 Å². The van der Waals surface area contributed by atoms with Crippen LogP contribution in [0, 0.1) is 0 Å². The number of halogens is 1. The Bertz CT molecular complexity index is 172. The molecule has 5 heteroatoms. The van der Waals surface area contributed by atoms with Crippen molar-refractivity contribution in [3.63, 3.8) is 0 Å². The van der Waals surface area contributed by atoms with Crippen molar-refractivity contribution >= 4 is 29.7 Å². The average molecular weight is 252 g/mol. The molecule has 1 fully saturated rings. The summed E-state index contributed by atoms with van der Waals surface area (Å²) in [6, 6.07) is 0. The van der Waals surface area contributed by atoms with Crippen molar-refractivity contribution in [1.29, 1.82) is 0 Å². The van der Waals surface area contributed by atoms with Crippen molar-refractivity contribution in [2.45, 2.75) is 26.2 Å². The molecule has 1 rings (SSSR count). The molecule has 0 spiro atoms. The highest BCUT2D eigenvalue weighted by Gasteiger charge is 2.08. The van der Waals surface area contributed by atoms with Crippen LogP contribution >= 0.6 is 24.6 Å². The Morgan fingerprint density at radius 2 is 1.87 bits per heavy atom. The van der Waals surface area contributed by atoms with Crippen LogP contribution in [0.2, 0.25) is 0 Å². The number of rotatable bonds is 4. The third-order valence-corrected chi connectivity index (χ3v) is 2.79. The van der Waals surface area contributed by atoms with Gasteiger partial charge in [0, 0.05) is 19.6 Å². The third kappa shape index (κ3) is 6.93. The minimum atomic E-state index is 0. The first kappa shape index (κ1) is 14.9. The van der Waals surface area contributed by atoms with E-state index >= 15 is 0 Å². The zero-order valence-corrected chi connectivity index (χ0v) is 11.1. The van der Waals surface area contributed by atoms with E-state index in [1.165, 1.54) is 32.4 Å². The van der Waals surface area contributed by atoms with Crippen LogP contribution < -0.4 is 10.6 Å². The summed E-state index contributed by atoms with van der Waals surface area (Å²) < 4.78 is 0. The average Bonchev–Trinajstić information content (AvgIpc) is 2.20. The maximum absolute atomic E-state index is 5.08. The summed E-state index contributed by atoms with van der Waals surface area (Å²) in [5.41, 5.74) is 0.